The number of fused-ring (bicyclic) bond motifs is 10. The van der Waals surface area contributed by atoms with Crippen molar-refractivity contribution in [2.24, 2.45) is 33.5 Å². The summed E-state index contributed by atoms with van der Waals surface area (Å²) in [6.45, 7) is 19.8. The summed E-state index contributed by atoms with van der Waals surface area (Å²) in [5.74, 6) is -12.2. The Hall–Kier alpha value is -10.4. The van der Waals surface area contributed by atoms with Crippen molar-refractivity contribution in [2.45, 2.75) is 236 Å². The SMILES string of the molecule is CC(=O)O[C@@]12CO[C@@H]1C[C@H](O)[C@@]1(C)C(=O)[C@H](O)C3=C(C)[C@@H](OC(=O)[C@H](O)[C@@H](NC(=O)OC(C)(C)C)c4ccccc4)C[C@@](O)([C@@H](OC(=O)c4ccccc4)C12)C3(C)C.CC(=O)O[C@H]1C(=O)[C@@]2(C)C([C@H](OC(=O)c3ccccc3)[C@]3(O)C[C@H](OC(=O)[C@H](O)[C@@H](NC(=O)c4ccccc4)c4ccccc4)C(C)=C1C3(C)C)[C@]1(OC(C)=O)CO[C@@H]1C[C@@H]2O. The Bertz CT molecular complexity index is 4860. The third kappa shape index (κ3) is 15.5. The fraction of sp³-hybridized carbons (Fsp3) is 0.500. The molecule has 0 radical (unpaired) electrons. The maximum atomic E-state index is 15.5. The minimum absolute atomic E-state index is 0.00289. The molecule has 6 aliphatic carbocycles. The fourth-order valence-corrected chi connectivity index (χ4v) is 19.7. The number of ketones is 2. The standard InChI is InChI=1S/C47H51NO14.C43H53NO14/c1-25-31(60-43(56)36(52)35(28-16-10-7-11-17-28)48-41(54)29-18-12-8-13-19-29)23-47(57)40(61-42(55)30-20-14-9-15-21-30)38-45(6,32(51)22-33-46(38,24-58-33)62-27(3)50)39(53)37(59-26(2)49)34(25)44(47,4)5;1-22-26(55-37(51)32(48)30(24-15-11-9-12-16-24)44-38(52)58-39(3,4)5)20-43(53)35(56-36(50)25-17-13-10-14-18-25)33-41(8,34(49)31(47)29(22)40(43,6)7)27(46)19-28-42(33,21-54-28)57-23(2)45/h7-21,31-33,35-38,40,51-52,57H,22-24H2,1-6H3,(H,48,54);9-18,26-28,30-33,35,46-48,53H,19-21H2,1-8H3,(H,44,52)/t31-,32-,33+,35-,36+,37+,38?,40-,45+,46-,47+;26-,27-,28+,30-,31+,32+,33?,35-,41+,42-,43+/m00/s1. The number of benzene rings is 5. The van der Waals surface area contributed by atoms with E-state index in [0.29, 0.717) is 11.1 Å². The molecule has 13 rings (SSSR count). The number of amides is 2. The summed E-state index contributed by atoms with van der Waals surface area (Å²) >= 11 is 0. The van der Waals surface area contributed by atoms with Crippen LogP contribution >= 0.6 is 0 Å². The van der Waals surface area contributed by atoms with Gasteiger partial charge in [0.25, 0.3) is 5.91 Å². The Kier molecular flexibility index (Phi) is 24.6. The lowest BCUT2D eigenvalue weighted by atomic mass is 9.44. The molecule has 8 aliphatic rings. The number of esters is 7. The highest BCUT2D eigenvalue weighted by Crippen LogP contribution is 2.67. The van der Waals surface area contributed by atoms with Crippen LogP contribution in [0, 0.1) is 33.5 Å². The zero-order chi connectivity index (χ0) is 87.7. The first-order valence-electron chi connectivity index (χ1n) is 39.8. The smallest absolute Gasteiger partial charge is 0.408 e. The molecule has 120 heavy (non-hydrogen) atoms. The number of ether oxygens (including phenoxy) is 10. The number of aliphatic hydroxyl groups is 7. The van der Waals surface area contributed by atoms with Gasteiger partial charge in [0, 0.05) is 62.8 Å². The van der Waals surface area contributed by atoms with E-state index < -0.39 is 225 Å². The molecule has 642 valence electrons. The van der Waals surface area contributed by atoms with Gasteiger partial charge in [-0.1, -0.05) is 143 Å². The number of rotatable bonds is 18. The van der Waals surface area contributed by atoms with Crippen molar-refractivity contribution in [3.8, 4) is 0 Å². The molecule has 0 aromatic heterocycles. The molecule has 6 fully saturated rings. The highest BCUT2D eigenvalue weighted by atomic mass is 16.7. The third-order valence-electron chi connectivity index (χ3n) is 26.0. The van der Waals surface area contributed by atoms with Crippen LogP contribution in [0.4, 0.5) is 4.79 Å². The van der Waals surface area contributed by atoms with Crippen molar-refractivity contribution >= 4 is 65.4 Å². The van der Waals surface area contributed by atoms with Gasteiger partial charge in [0.15, 0.2) is 41.1 Å². The monoisotopic (exact) mass is 1660 g/mol. The van der Waals surface area contributed by atoms with E-state index in [4.69, 9.17) is 47.4 Å². The zero-order valence-electron chi connectivity index (χ0n) is 69.1. The summed E-state index contributed by atoms with van der Waals surface area (Å²) in [6.07, 6.45) is -22.0. The number of hydrogen-bond donors (Lipinski definition) is 9. The Morgan fingerprint density at radius 1 is 0.475 bits per heavy atom. The van der Waals surface area contributed by atoms with Gasteiger partial charge in [0.1, 0.15) is 59.5 Å². The van der Waals surface area contributed by atoms with E-state index in [9.17, 15) is 83.7 Å². The van der Waals surface area contributed by atoms with Crippen molar-refractivity contribution in [1.29, 1.82) is 0 Å². The van der Waals surface area contributed by atoms with Crippen molar-refractivity contribution in [2.75, 3.05) is 13.2 Å². The van der Waals surface area contributed by atoms with Crippen LogP contribution in [-0.2, 0) is 80.9 Å². The van der Waals surface area contributed by atoms with Crippen molar-refractivity contribution in [3.05, 3.63) is 202 Å². The van der Waals surface area contributed by atoms with Gasteiger partial charge in [-0.15, -0.1) is 0 Å². The lowest BCUT2D eigenvalue weighted by Crippen LogP contribution is -2.82. The molecule has 9 N–H and O–H groups in total. The molecule has 5 aromatic rings. The summed E-state index contributed by atoms with van der Waals surface area (Å²) in [7, 11) is 0. The summed E-state index contributed by atoms with van der Waals surface area (Å²) in [5, 5.41) is 91.8. The van der Waals surface area contributed by atoms with Gasteiger partial charge in [-0.25, -0.2) is 24.0 Å². The number of Topliss-reactive ketones (excluding diaryl/α,β-unsaturated/α-hetero) is 2. The lowest BCUT2D eigenvalue weighted by molar-refractivity contribution is -0.346. The Morgan fingerprint density at radius 3 is 1.20 bits per heavy atom. The number of nitrogens with one attached hydrogen (secondary N) is 2. The number of aliphatic hydroxyl groups excluding tert-OH is 5. The quantitative estimate of drug-likeness (QED) is 0.0242. The minimum atomic E-state index is -2.39. The van der Waals surface area contributed by atoms with Crippen molar-refractivity contribution < 1.29 is 136 Å². The van der Waals surface area contributed by atoms with Crippen LogP contribution in [0.2, 0.25) is 0 Å². The normalized spacial score (nSPS) is 32.7. The van der Waals surface area contributed by atoms with Gasteiger partial charge in [-0.05, 0) is 118 Å². The molecule has 30 nitrogen and oxygen atoms in total. The highest BCUT2D eigenvalue weighted by molar-refractivity contribution is 5.97. The predicted molar refractivity (Wildman–Crippen MR) is 421 cm³/mol. The molecule has 2 unspecified atom stereocenters. The van der Waals surface area contributed by atoms with E-state index in [2.05, 4.69) is 10.6 Å². The number of carbonyl (C=O) groups excluding carboxylic acids is 11. The molecule has 2 saturated heterocycles. The van der Waals surface area contributed by atoms with Crippen LogP contribution in [0.5, 0.6) is 0 Å². The van der Waals surface area contributed by atoms with Gasteiger partial charge < -0.3 is 93.7 Å². The van der Waals surface area contributed by atoms with Gasteiger partial charge in [0.05, 0.1) is 71.3 Å². The van der Waals surface area contributed by atoms with Gasteiger partial charge in [-0.3, -0.25) is 28.8 Å². The maximum Gasteiger partial charge on any atom is 0.408 e. The first-order chi connectivity index (χ1) is 56.3. The lowest BCUT2D eigenvalue weighted by Gasteiger charge is -2.67. The molecule has 2 heterocycles. The topological polar surface area (TPSA) is 446 Å². The summed E-state index contributed by atoms with van der Waals surface area (Å²) in [4.78, 5) is 152. The largest absolute Gasteiger partial charge is 0.456 e. The average molecular weight is 1660 g/mol. The van der Waals surface area contributed by atoms with Crippen LogP contribution in [-0.4, -0.2) is 216 Å². The zero-order valence-corrected chi connectivity index (χ0v) is 69.1. The van der Waals surface area contributed by atoms with E-state index in [0.717, 1.165) is 20.8 Å². The van der Waals surface area contributed by atoms with Gasteiger partial charge >= 0.3 is 47.9 Å². The molecule has 4 bridgehead atoms. The molecule has 22 atom stereocenters. The van der Waals surface area contributed by atoms with Crippen molar-refractivity contribution in [1.82, 2.24) is 10.6 Å². The molecule has 5 aromatic carbocycles. The van der Waals surface area contributed by atoms with E-state index >= 15 is 4.79 Å². The maximum absolute atomic E-state index is 15.5. The minimum Gasteiger partial charge on any atom is -0.456 e. The molecule has 2 amide bonds. The Balaban J connectivity index is 0.000000221. The summed E-state index contributed by atoms with van der Waals surface area (Å²) in [6, 6.07) is 37.6. The molecular weight excluding hydrogens is 1560 g/mol. The van der Waals surface area contributed by atoms with Crippen LogP contribution in [0.3, 0.4) is 0 Å². The average Bonchev–Trinajstić information content (AvgIpc) is 0.672. The van der Waals surface area contributed by atoms with Crippen LogP contribution in [0.1, 0.15) is 177 Å². The molecule has 0 spiro atoms. The van der Waals surface area contributed by atoms with Crippen LogP contribution < -0.4 is 10.6 Å². The number of hydrogen-bond acceptors (Lipinski definition) is 28. The van der Waals surface area contributed by atoms with E-state index in [1.165, 1.54) is 52.0 Å². The first-order valence-corrected chi connectivity index (χ1v) is 39.8. The second-order valence-corrected chi connectivity index (χ2v) is 34.9. The summed E-state index contributed by atoms with van der Waals surface area (Å²) < 4.78 is 59.8. The van der Waals surface area contributed by atoms with E-state index in [-0.39, 0.29) is 65.0 Å². The number of carbonyl (C=O) groups is 11. The highest BCUT2D eigenvalue weighted by Gasteiger charge is 2.81. The molecule has 4 saturated carbocycles. The fourth-order valence-electron chi connectivity index (χ4n) is 19.7. The van der Waals surface area contributed by atoms with E-state index in [1.807, 2.05) is 0 Å². The van der Waals surface area contributed by atoms with Gasteiger partial charge in [0.2, 0.25) is 0 Å². The van der Waals surface area contributed by atoms with E-state index in [1.54, 1.807) is 176 Å². The predicted octanol–water partition coefficient (Wildman–Crippen LogP) is 7.00. The first kappa shape index (κ1) is 88.9. The van der Waals surface area contributed by atoms with Crippen LogP contribution in [0.15, 0.2) is 174 Å². The van der Waals surface area contributed by atoms with Crippen molar-refractivity contribution in [3.63, 3.8) is 0 Å². The number of alkyl carbamates (subject to hydrolysis) is 1. The third-order valence-corrected chi connectivity index (χ3v) is 26.0. The molecule has 2 aliphatic heterocycles. The summed E-state index contributed by atoms with van der Waals surface area (Å²) in [5.41, 5.74) is -15.2. The second kappa shape index (κ2) is 33.2. The Morgan fingerprint density at radius 2 is 0.833 bits per heavy atom. The van der Waals surface area contributed by atoms with Crippen LogP contribution in [0.25, 0.3) is 0 Å². The molecular formula is C90H104N2O28. The van der Waals surface area contributed by atoms with Gasteiger partial charge in [-0.2, -0.15) is 0 Å². The Labute approximate surface area is 693 Å². The second-order valence-electron chi connectivity index (χ2n) is 34.9. The molecule has 30 heteroatoms.